The summed E-state index contributed by atoms with van der Waals surface area (Å²) in [5.74, 6) is -0.485. The molecule has 114 valence electrons. The van der Waals surface area contributed by atoms with Gasteiger partial charge in [-0.25, -0.2) is 4.98 Å². The highest BCUT2D eigenvalue weighted by atomic mass is 16.5. The Hall–Kier alpha value is -3.14. The SMILES string of the molecule is NC(=O)C(=Cc1ccccc1)OCc1ccc2ccccc2n1. The number of para-hydroxylation sites is 1. The van der Waals surface area contributed by atoms with Gasteiger partial charge in [-0.05, 0) is 23.8 Å². The van der Waals surface area contributed by atoms with Crippen LogP contribution in [0.1, 0.15) is 11.3 Å². The number of nitrogens with zero attached hydrogens (tertiary/aromatic N) is 1. The van der Waals surface area contributed by atoms with Crippen molar-refractivity contribution in [3.63, 3.8) is 0 Å². The topological polar surface area (TPSA) is 65.2 Å². The summed E-state index contributed by atoms with van der Waals surface area (Å²) in [5.41, 5.74) is 7.87. The highest BCUT2D eigenvalue weighted by molar-refractivity contribution is 5.94. The van der Waals surface area contributed by atoms with E-state index in [9.17, 15) is 4.79 Å². The molecule has 0 radical (unpaired) electrons. The van der Waals surface area contributed by atoms with Gasteiger partial charge in [0, 0.05) is 5.39 Å². The zero-order chi connectivity index (χ0) is 16.1. The number of fused-ring (bicyclic) bond motifs is 1. The van der Waals surface area contributed by atoms with Crippen molar-refractivity contribution in [3.05, 3.63) is 83.7 Å². The van der Waals surface area contributed by atoms with E-state index in [4.69, 9.17) is 10.5 Å². The number of hydrogen-bond donors (Lipinski definition) is 1. The molecule has 0 unspecified atom stereocenters. The lowest BCUT2D eigenvalue weighted by atomic mass is 10.2. The van der Waals surface area contributed by atoms with Crippen LogP contribution in [0.15, 0.2) is 72.5 Å². The molecule has 23 heavy (non-hydrogen) atoms. The fraction of sp³-hybridized carbons (Fsp3) is 0.0526. The van der Waals surface area contributed by atoms with E-state index < -0.39 is 5.91 Å². The van der Waals surface area contributed by atoms with Gasteiger partial charge in [0.2, 0.25) is 0 Å². The summed E-state index contributed by atoms with van der Waals surface area (Å²) < 4.78 is 5.57. The molecular formula is C19H16N2O2. The second kappa shape index (κ2) is 6.75. The number of hydrogen-bond acceptors (Lipinski definition) is 3. The van der Waals surface area contributed by atoms with Crippen molar-refractivity contribution in [2.75, 3.05) is 0 Å². The van der Waals surface area contributed by atoms with Crippen molar-refractivity contribution in [3.8, 4) is 0 Å². The average molecular weight is 304 g/mol. The van der Waals surface area contributed by atoms with E-state index in [1.807, 2.05) is 66.7 Å². The lowest BCUT2D eigenvalue weighted by Gasteiger charge is -2.08. The number of ether oxygens (including phenoxy) is 1. The highest BCUT2D eigenvalue weighted by Crippen LogP contribution is 2.14. The Bertz CT molecular complexity index is 857. The monoisotopic (exact) mass is 304 g/mol. The molecule has 0 saturated carbocycles. The number of carbonyl (C=O) groups is 1. The van der Waals surface area contributed by atoms with Crippen LogP contribution in [0.25, 0.3) is 17.0 Å². The van der Waals surface area contributed by atoms with Crippen LogP contribution in [0.2, 0.25) is 0 Å². The van der Waals surface area contributed by atoms with Crippen LogP contribution < -0.4 is 5.73 Å². The first kappa shape index (κ1) is 14.8. The fourth-order valence-corrected chi connectivity index (χ4v) is 2.22. The molecule has 0 atom stereocenters. The fourth-order valence-electron chi connectivity index (χ4n) is 2.22. The molecule has 0 aliphatic heterocycles. The Morgan fingerprint density at radius 2 is 1.74 bits per heavy atom. The predicted octanol–water partition coefficient (Wildman–Crippen LogP) is 3.28. The number of pyridine rings is 1. The maximum atomic E-state index is 11.5. The quantitative estimate of drug-likeness (QED) is 0.581. The lowest BCUT2D eigenvalue weighted by molar-refractivity contribution is -0.117. The van der Waals surface area contributed by atoms with Crippen LogP contribution in [0, 0.1) is 0 Å². The number of rotatable bonds is 5. The van der Waals surface area contributed by atoms with Gasteiger partial charge in [0.15, 0.2) is 5.76 Å². The lowest BCUT2D eigenvalue weighted by Crippen LogP contribution is -2.16. The van der Waals surface area contributed by atoms with Gasteiger partial charge in [0.1, 0.15) is 6.61 Å². The van der Waals surface area contributed by atoms with E-state index in [2.05, 4.69) is 4.98 Å². The molecule has 0 spiro atoms. The third-order valence-electron chi connectivity index (χ3n) is 3.37. The number of primary amides is 1. The largest absolute Gasteiger partial charge is 0.482 e. The summed E-state index contributed by atoms with van der Waals surface area (Å²) in [7, 11) is 0. The molecule has 2 aromatic carbocycles. The zero-order valence-corrected chi connectivity index (χ0v) is 12.5. The highest BCUT2D eigenvalue weighted by Gasteiger charge is 2.08. The van der Waals surface area contributed by atoms with Crippen molar-refractivity contribution in [2.45, 2.75) is 6.61 Å². The summed E-state index contributed by atoms with van der Waals surface area (Å²) >= 11 is 0. The number of nitrogens with two attached hydrogens (primary N) is 1. The minimum absolute atomic E-state index is 0.117. The van der Waals surface area contributed by atoms with Crippen LogP contribution in [0.5, 0.6) is 0 Å². The van der Waals surface area contributed by atoms with E-state index in [-0.39, 0.29) is 12.4 Å². The first-order valence-electron chi connectivity index (χ1n) is 7.26. The normalized spacial score (nSPS) is 11.4. The van der Waals surface area contributed by atoms with Gasteiger partial charge >= 0.3 is 0 Å². The summed E-state index contributed by atoms with van der Waals surface area (Å²) in [6.07, 6.45) is 1.63. The van der Waals surface area contributed by atoms with E-state index in [0.29, 0.717) is 0 Å². The summed E-state index contributed by atoms with van der Waals surface area (Å²) in [6.45, 7) is 0.187. The van der Waals surface area contributed by atoms with Gasteiger partial charge in [-0.2, -0.15) is 0 Å². The molecule has 2 N–H and O–H groups in total. The van der Waals surface area contributed by atoms with Crippen LogP contribution >= 0.6 is 0 Å². The van der Waals surface area contributed by atoms with Gasteiger partial charge in [0.05, 0.1) is 11.2 Å². The molecule has 1 amide bonds. The van der Waals surface area contributed by atoms with Crippen molar-refractivity contribution >= 4 is 22.9 Å². The molecule has 4 nitrogen and oxygen atoms in total. The smallest absolute Gasteiger partial charge is 0.283 e. The van der Waals surface area contributed by atoms with Crippen LogP contribution in [-0.2, 0) is 16.1 Å². The molecule has 0 aliphatic carbocycles. The van der Waals surface area contributed by atoms with E-state index in [1.54, 1.807) is 6.08 Å². The van der Waals surface area contributed by atoms with Crippen LogP contribution in [0.3, 0.4) is 0 Å². The Balaban J connectivity index is 1.78. The van der Waals surface area contributed by atoms with E-state index in [1.165, 1.54) is 0 Å². The molecule has 3 aromatic rings. The van der Waals surface area contributed by atoms with E-state index >= 15 is 0 Å². The Kier molecular flexibility index (Phi) is 4.34. The maximum Gasteiger partial charge on any atom is 0.283 e. The van der Waals surface area contributed by atoms with Crippen molar-refractivity contribution in [1.82, 2.24) is 4.98 Å². The van der Waals surface area contributed by atoms with Gasteiger partial charge in [-0.3, -0.25) is 4.79 Å². The molecule has 1 heterocycles. The van der Waals surface area contributed by atoms with Gasteiger partial charge in [0.25, 0.3) is 5.91 Å². The number of carbonyl (C=O) groups excluding carboxylic acids is 1. The van der Waals surface area contributed by atoms with Crippen LogP contribution in [-0.4, -0.2) is 10.9 Å². The van der Waals surface area contributed by atoms with Gasteiger partial charge < -0.3 is 10.5 Å². The first-order chi connectivity index (χ1) is 11.2. The summed E-state index contributed by atoms with van der Waals surface area (Å²) in [5, 5.41) is 1.06. The summed E-state index contributed by atoms with van der Waals surface area (Å²) in [4.78, 5) is 16.1. The van der Waals surface area contributed by atoms with E-state index in [0.717, 1.165) is 22.2 Å². The minimum Gasteiger partial charge on any atom is -0.482 e. The second-order valence-corrected chi connectivity index (χ2v) is 5.07. The van der Waals surface area contributed by atoms with Crippen molar-refractivity contribution in [2.24, 2.45) is 5.73 Å². The second-order valence-electron chi connectivity index (χ2n) is 5.07. The molecule has 0 aliphatic rings. The molecule has 1 aromatic heterocycles. The molecular weight excluding hydrogens is 288 g/mol. The molecule has 3 rings (SSSR count). The molecule has 4 heteroatoms. The zero-order valence-electron chi connectivity index (χ0n) is 12.5. The Morgan fingerprint density at radius 1 is 1.00 bits per heavy atom. The molecule has 0 fully saturated rings. The van der Waals surface area contributed by atoms with Crippen LogP contribution in [0.4, 0.5) is 0 Å². The average Bonchev–Trinajstić information content (AvgIpc) is 2.59. The molecule has 0 saturated heterocycles. The van der Waals surface area contributed by atoms with Crippen molar-refractivity contribution < 1.29 is 9.53 Å². The van der Waals surface area contributed by atoms with Gasteiger partial charge in [-0.15, -0.1) is 0 Å². The predicted molar refractivity (Wildman–Crippen MR) is 90.1 cm³/mol. The molecule has 0 bridgehead atoms. The Morgan fingerprint density at radius 3 is 2.52 bits per heavy atom. The first-order valence-corrected chi connectivity index (χ1v) is 7.26. The number of aromatic nitrogens is 1. The number of amides is 1. The van der Waals surface area contributed by atoms with Crippen molar-refractivity contribution in [1.29, 1.82) is 0 Å². The third-order valence-corrected chi connectivity index (χ3v) is 3.37. The summed E-state index contributed by atoms with van der Waals surface area (Å²) in [6, 6.07) is 21.1. The standard InChI is InChI=1S/C19H16N2O2/c20-19(22)18(12-14-6-2-1-3-7-14)23-13-16-11-10-15-8-4-5-9-17(15)21-16/h1-12H,13H2,(H2,20,22). The maximum absolute atomic E-state index is 11.5. The minimum atomic E-state index is -0.602. The van der Waals surface area contributed by atoms with Gasteiger partial charge in [-0.1, -0.05) is 54.6 Å². The number of benzene rings is 2. The third kappa shape index (κ3) is 3.74. The Labute approximate surface area is 134 Å².